The molecule has 0 amide bonds. The van der Waals surface area contributed by atoms with Gasteiger partial charge in [-0.2, -0.15) is 0 Å². The Kier molecular flexibility index (Phi) is 2.42. The second-order valence-corrected chi connectivity index (χ2v) is 3.55. The van der Waals surface area contributed by atoms with E-state index in [1.165, 1.54) is 12.3 Å². The smallest absolute Gasteiger partial charge is 0.258 e. The van der Waals surface area contributed by atoms with E-state index in [0.29, 0.717) is 16.1 Å². The lowest BCUT2D eigenvalue weighted by Crippen LogP contribution is -1.93. The summed E-state index contributed by atoms with van der Waals surface area (Å²) in [7, 11) is 0. The molecule has 0 saturated carbocycles. The first-order valence-electron chi connectivity index (χ1n) is 3.84. The van der Waals surface area contributed by atoms with Crippen LogP contribution in [0.1, 0.15) is 0 Å². The summed E-state index contributed by atoms with van der Waals surface area (Å²) < 4.78 is 0. The summed E-state index contributed by atoms with van der Waals surface area (Å²) in [6, 6.07) is 2.84. The Hall–Kier alpha value is -1.46. The number of hydrogen-bond donors (Lipinski definition) is 0. The van der Waals surface area contributed by atoms with Crippen LogP contribution in [-0.2, 0) is 0 Å². The minimum absolute atomic E-state index is 0.178. The molecule has 0 fully saturated rings. The van der Waals surface area contributed by atoms with Gasteiger partial charge in [-0.15, -0.1) is 0 Å². The summed E-state index contributed by atoms with van der Waals surface area (Å²) in [6.07, 6.45) is 1.40. The molecule has 2 aromatic rings. The van der Waals surface area contributed by atoms with Gasteiger partial charge in [-0.1, -0.05) is 23.2 Å². The summed E-state index contributed by atoms with van der Waals surface area (Å²) >= 11 is 11.3. The first-order valence-corrected chi connectivity index (χ1v) is 4.60. The summed E-state index contributed by atoms with van der Waals surface area (Å²) in [5.41, 5.74) is 0.0724. The predicted octanol–water partition coefficient (Wildman–Crippen LogP) is 2.84. The third-order valence-corrected chi connectivity index (χ3v) is 2.25. The van der Waals surface area contributed by atoms with Gasteiger partial charge in [0.2, 0.25) is 5.15 Å². The normalized spacial score (nSPS) is 10.5. The predicted molar refractivity (Wildman–Crippen MR) is 56.2 cm³/mol. The number of nitrogens with zero attached hydrogens (tertiary/aromatic N) is 3. The van der Waals surface area contributed by atoms with E-state index >= 15 is 0 Å². The molecule has 0 aromatic carbocycles. The topological polar surface area (TPSA) is 68.9 Å². The number of fused-ring (bicyclic) bond motifs is 1. The van der Waals surface area contributed by atoms with Crippen LogP contribution in [0.4, 0.5) is 5.69 Å². The zero-order valence-corrected chi connectivity index (χ0v) is 8.66. The van der Waals surface area contributed by atoms with Crippen LogP contribution in [0.5, 0.6) is 0 Å². The Morgan fingerprint density at radius 1 is 1.33 bits per heavy atom. The van der Waals surface area contributed by atoms with Gasteiger partial charge in [0.1, 0.15) is 0 Å². The van der Waals surface area contributed by atoms with Crippen LogP contribution in [0.25, 0.3) is 11.0 Å². The fourth-order valence-electron chi connectivity index (χ4n) is 1.13. The highest BCUT2D eigenvalue weighted by Gasteiger charge is 2.15. The molecule has 15 heavy (non-hydrogen) atoms. The van der Waals surface area contributed by atoms with Crippen LogP contribution in [0.15, 0.2) is 18.3 Å². The Bertz CT molecular complexity index is 559. The van der Waals surface area contributed by atoms with Crippen LogP contribution in [0.3, 0.4) is 0 Å². The van der Waals surface area contributed by atoms with Crippen molar-refractivity contribution in [2.24, 2.45) is 0 Å². The van der Waals surface area contributed by atoms with E-state index in [4.69, 9.17) is 23.2 Å². The number of halogens is 2. The van der Waals surface area contributed by atoms with E-state index in [2.05, 4.69) is 9.97 Å². The maximum absolute atomic E-state index is 10.6. The van der Waals surface area contributed by atoms with Gasteiger partial charge in [0, 0.05) is 17.6 Å². The molecule has 0 radical (unpaired) electrons. The van der Waals surface area contributed by atoms with Crippen LogP contribution in [-0.4, -0.2) is 14.9 Å². The molecule has 0 atom stereocenters. The van der Waals surface area contributed by atoms with Gasteiger partial charge in [-0.3, -0.25) is 10.1 Å². The molecule has 0 aliphatic heterocycles. The fourth-order valence-corrected chi connectivity index (χ4v) is 1.50. The van der Waals surface area contributed by atoms with Gasteiger partial charge in [0.25, 0.3) is 0 Å². The molecule has 0 unspecified atom stereocenters. The standard InChI is InChI=1S/C8H3Cl2N3O2/c9-5-1-4-2-6(13(14)15)7(10)12-8(4)11-3-5/h1-3H. The maximum atomic E-state index is 10.6. The zero-order valence-electron chi connectivity index (χ0n) is 7.15. The Morgan fingerprint density at radius 2 is 2.07 bits per heavy atom. The molecule has 76 valence electrons. The maximum Gasteiger partial charge on any atom is 0.307 e. The molecule has 2 aromatic heterocycles. The summed E-state index contributed by atoms with van der Waals surface area (Å²) in [5.74, 6) is 0. The highest BCUT2D eigenvalue weighted by atomic mass is 35.5. The van der Waals surface area contributed by atoms with Crippen molar-refractivity contribution in [3.05, 3.63) is 38.6 Å². The minimum atomic E-state index is -0.602. The van der Waals surface area contributed by atoms with Crippen molar-refractivity contribution in [1.29, 1.82) is 0 Å². The second-order valence-electron chi connectivity index (χ2n) is 2.76. The second kappa shape index (κ2) is 3.60. The molecular formula is C8H3Cl2N3O2. The number of nitro groups is 1. The lowest BCUT2D eigenvalue weighted by atomic mass is 10.3. The van der Waals surface area contributed by atoms with Crippen molar-refractivity contribution < 1.29 is 4.92 Å². The lowest BCUT2D eigenvalue weighted by molar-refractivity contribution is -0.384. The molecule has 0 aliphatic rings. The van der Waals surface area contributed by atoms with E-state index in [0.717, 1.165) is 0 Å². The van der Waals surface area contributed by atoms with Crippen LogP contribution in [0, 0.1) is 10.1 Å². The highest BCUT2D eigenvalue weighted by molar-refractivity contribution is 6.32. The SMILES string of the molecule is O=[N+]([O-])c1cc2cc(Cl)cnc2nc1Cl. The molecule has 7 heteroatoms. The van der Waals surface area contributed by atoms with E-state index in [1.807, 2.05) is 0 Å². The fraction of sp³-hybridized carbons (Fsp3) is 0. The van der Waals surface area contributed by atoms with E-state index in [9.17, 15) is 10.1 Å². The Balaban J connectivity index is 2.77. The number of aromatic nitrogens is 2. The average Bonchev–Trinajstić information content (AvgIpc) is 2.17. The summed E-state index contributed by atoms with van der Waals surface area (Å²) in [5, 5.41) is 11.3. The Morgan fingerprint density at radius 3 is 2.73 bits per heavy atom. The van der Waals surface area contributed by atoms with Crippen molar-refractivity contribution in [2.75, 3.05) is 0 Å². The van der Waals surface area contributed by atoms with Gasteiger partial charge in [-0.05, 0) is 6.07 Å². The molecule has 2 rings (SSSR count). The van der Waals surface area contributed by atoms with Crippen molar-refractivity contribution in [1.82, 2.24) is 9.97 Å². The molecular weight excluding hydrogens is 241 g/mol. The van der Waals surface area contributed by atoms with Gasteiger partial charge >= 0.3 is 5.69 Å². The van der Waals surface area contributed by atoms with Gasteiger partial charge in [0.15, 0.2) is 5.65 Å². The van der Waals surface area contributed by atoms with Crippen molar-refractivity contribution >= 4 is 39.9 Å². The van der Waals surface area contributed by atoms with Crippen LogP contribution >= 0.6 is 23.2 Å². The number of pyridine rings is 2. The first kappa shape index (κ1) is 10.1. The van der Waals surface area contributed by atoms with E-state index in [-0.39, 0.29) is 10.8 Å². The van der Waals surface area contributed by atoms with E-state index < -0.39 is 4.92 Å². The third-order valence-electron chi connectivity index (χ3n) is 1.77. The van der Waals surface area contributed by atoms with Gasteiger partial charge in [0.05, 0.1) is 9.95 Å². The molecule has 0 saturated heterocycles. The molecule has 2 heterocycles. The van der Waals surface area contributed by atoms with Gasteiger partial charge < -0.3 is 0 Å². The quantitative estimate of drug-likeness (QED) is 0.439. The molecule has 0 aliphatic carbocycles. The average molecular weight is 244 g/mol. The largest absolute Gasteiger partial charge is 0.307 e. The van der Waals surface area contributed by atoms with Crippen LogP contribution < -0.4 is 0 Å². The summed E-state index contributed by atoms with van der Waals surface area (Å²) in [4.78, 5) is 17.7. The third kappa shape index (κ3) is 1.84. The minimum Gasteiger partial charge on any atom is -0.258 e. The molecule has 0 N–H and O–H groups in total. The zero-order chi connectivity index (χ0) is 11.0. The van der Waals surface area contributed by atoms with Crippen molar-refractivity contribution in [2.45, 2.75) is 0 Å². The number of rotatable bonds is 1. The Labute approximate surface area is 93.8 Å². The van der Waals surface area contributed by atoms with Crippen molar-refractivity contribution in [3.8, 4) is 0 Å². The van der Waals surface area contributed by atoms with Gasteiger partial charge in [-0.25, -0.2) is 9.97 Å². The number of hydrogen-bond acceptors (Lipinski definition) is 4. The first-order chi connectivity index (χ1) is 7.08. The lowest BCUT2D eigenvalue weighted by Gasteiger charge is -1.98. The molecule has 0 bridgehead atoms. The monoisotopic (exact) mass is 243 g/mol. The summed E-state index contributed by atoms with van der Waals surface area (Å²) in [6.45, 7) is 0. The van der Waals surface area contributed by atoms with Crippen molar-refractivity contribution in [3.63, 3.8) is 0 Å². The molecule has 0 spiro atoms. The van der Waals surface area contributed by atoms with Crippen LogP contribution in [0.2, 0.25) is 10.2 Å². The molecule has 5 nitrogen and oxygen atoms in total. The van der Waals surface area contributed by atoms with E-state index in [1.54, 1.807) is 6.07 Å². The highest BCUT2D eigenvalue weighted by Crippen LogP contribution is 2.26.